The van der Waals surface area contributed by atoms with E-state index in [2.05, 4.69) is 34.4 Å². The first-order valence-electron chi connectivity index (χ1n) is 9.82. The summed E-state index contributed by atoms with van der Waals surface area (Å²) in [5, 5.41) is 6.79. The number of halogens is 1. The SMILES string of the molecule is CN=C(NCCS(=O)C(C)(C)C)NCC(C(C)C)N1CCCCCC1.I. The average molecular weight is 501 g/mol. The van der Waals surface area contributed by atoms with Crippen LogP contribution in [0.3, 0.4) is 0 Å². The van der Waals surface area contributed by atoms with Gasteiger partial charge in [-0.15, -0.1) is 24.0 Å². The summed E-state index contributed by atoms with van der Waals surface area (Å²) in [5.41, 5.74) is 0. The Morgan fingerprint density at radius 3 is 2.15 bits per heavy atom. The molecule has 0 aromatic heterocycles. The van der Waals surface area contributed by atoms with Crippen LogP contribution >= 0.6 is 24.0 Å². The Labute approximate surface area is 181 Å². The second-order valence-electron chi connectivity index (χ2n) is 8.30. The molecule has 2 N–H and O–H groups in total. The number of rotatable bonds is 7. The molecule has 2 unspecified atom stereocenters. The number of nitrogens with one attached hydrogen (secondary N) is 2. The maximum atomic E-state index is 12.1. The number of nitrogens with zero attached hydrogens (tertiary/aromatic N) is 2. The van der Waals surface area contributed by atoms with Crippen molar-refractivity contribution in [3.8, 4) is 0 Å². The molecule has 1 saturated heterocycles. The Bertz CT molecular complexity index is 430. The van der Waals surface area contributed by atoms with Gasteiger partial charge in [-0.05, 0) is 52.6 Å². The van der Waals surface area contributed by atoms with Gasteiger partial charge in [-0.2, -0.15) is 0 Å². The van der Waals surface area contributed by atoms with Gasteiger partial charge < -0.3 is 10.6 Å². The van der Waals surface area contributed by atoms with E-state index in [0.717, 1.165) is 12.5 Å². The van der Waals surface area contributed by atoms with E-state index in [9.17, 15) is 4.21 Å². The quantitative estimate of drug-likeness (QED) is 0.320. The topological polar surface area (TPSA) is 56.7 Å². The van der Waals surface area contributed by atoms with E-state index in [0.29, 0.717) is 24.3 Å². The fourth-order valence-electron chi connectivity index (χ4n) is 3.20. The predicted octanol–water partition coefficient (Wildman–Crippen LogP) is 3.22. The van der Waals surface area contributed by atoms with Crippen LogP contribution in [0.15, 0.2) is 4.99 Å². The van der Waals surface area contributed by atoms with Crippen LogP contribution in [0.25, 0.3) is 0 Å². The molecular weight excluding hydrogens is 459 g/mol. The van der Waals surface area contributed by atoms with Gasteiger partial charge in [0.15, 0.2) is 5.96 Å². The highest BCUT2D eigenvalue weighted by atomic mass is 127. The Balaban J connectivity index is 0.00000625. The van der Waals surface area contributed by atoms with Gasteiger partial charge in [0.05, 0.1) is 0 Å². The highest BCUT2D eigenvalue weighted by Crippen LogP contribution is 2.17. The predicted molar refractivity (Wildman–Crippen MR) is 126 cm³/mol. The van der Waals surface area contributed by atoms with E-state index < -0.39 is 10.8 Å². The summed E-state index contributed by atoms with van der Waals surface area (Å²) in [5.74, 6) is 2.06. The van der Waals surface area contributed by atoms with Crippen molar-refractivity contribution in [2.45, 2.75) is 71.1 Å². The number of guanidine groups is 1. The summed E-state index contributed by atoms with van der Waals surface area (Å²) < 4.78 is 12.0. The Kier molecular flexibility index (Phi) is 13.4. The fourth-order valence-corrected chi connectivity index (χ4v) is 4.10. The van der Waals surface area contributed by atoms with Crippen LogP contribution in [0.1, 0.15) is 60.3 Å². The van der Waals surface area contributed by atoms with Crippen molar-refractivity contribution in [3.63, 3.8) is 0 Å². The summed E-state index contributed by atoms with van der Waals surface area (Å²) in [6.07, 6.45) is 5.36. The first kappa shape index (κ1) is 26.1. The van der Waals surface area contributed by atoms with Crippen molar-refractivity contribution >= 4 is 40.7 Å². The lowest BCUT2D eigenvalue weighted by Gasteiger charge is -2.34. The third kappa shape index (κ3) is 9.88. The molecule has 0 saturated carbocycles. The zero-order valence-electron chi connectivity index (χ0n) is 17.6. The third-order valence-corrected chi connectivity index (χ3v) is 6.79. The van der Waals surface area contributed by atoms with Gasteiger partial charge in [0, 0.05) is 47.5 Å². The molecule has 7 heteroatoms. The lowest BCUT2D eigenvalue weighted by atomic mass is 10.0. The highest BCUT2D eigenvalue weighted by molar-refractivity contribution is 14.0. The van der Waals surface area contributed by atoms with Gasteiger partial charge in [0.25, 0.3) is 0 Å². The van der Waals surface area contributed by atoms with Gasteiger partial charge in [-0.1, -0.05) is 26.7 Å². The van der Waals surface area contributed by atoms with Crippen LogP contribution in [0.4, 0.5) is 0 Å². The van der Waals surface area contributed by atoms with E-state index in [-0.39, 0.29) is 28.7 Å². The van der Waals surface area contributed by atoms with Crippen LogP contribution in [0.5, 0.6) is 0 Å². The van der Waals surface area contributed by atoms with Crippen molar-refractivity contribution in [3.05, 3.63) is 0 Å². The number of aliphatic imine (C=N–C) groups is 1. The minimum atomic E-state index is -0.835. The van der Waals surface area contributed by atoms with Crippen LogP contribution in [0, 0.1) is 5.92 Å². The van der Waals surface area contributed by atoms with E-state index >= 15 is 0 Å². The molecule has 26 heavy (non-hydrogen) atoms. The molecular formula is C19H41IN4OS. The molecule has 0 aromatic rings. The highest BCUT2D eigenvalue weighted by Gasteiger charge is 2.23. The fraction of sp³-hybridized carbons (Fsp3) is 0.947. The molecule has 0 radical (unpaired) electrons. The monoisotopic (exact) mass is 500 g/mol. The second-order valence-corrected chi connectivity index (χ2v) is 10.6. The summed E-state index contributed by atoms with van der Waals surface area (Å²) in [7, 11) is 0.963. The Morgan fingerprint density at radius 2 is 1.69 bits per heavy atom. The summed E-state index contributed by atoms with van der Waals surface area (Å²) in [6.45, 7) is 14.7. The lowest BCUT2D eigenvalue weighted by Crippen LogP contribution is -2.50. The minimum Gasteiger partial charge on any atom is -0.355 e. The van der Waals surface area contributed by atoms with Gasteiger partial charge in [0.1, 0.15) is 0 Å². The molecule has 5 nitrogen and oxygen atoms in total. The summed E-state index contributed by atoms with van der Waals surface area (Å²) in [6, 6.07) is 0.528. The van der Waals surface area contributed by atoms with Crippen LogP contribution < -0.4 is 10.6 Å². The normalized spacial score (nSPS) is 19.4. The molecule has 0 aromatic carbocycles. The van der Waals surface area contributed by atoms with Gasteiger partial charge in [-0.3, -0.25) is 14.1 Å². The molecule has 0 bridgehead atoms. The van der Waals surface area contributed by atoms with Crippen LogP contribution in [0.2, 0.25) is 0 Å². The molecule has 1 aliphatic rings. The molecule has 1 rings (SSSR count). The number of hydrogen-bond donors (Lipinski definition) is 2. The van der Waals surface area contributed by atoms with Crippen molar-refractivity contribution in [1.82, 2.24) is 15.5 Å². The zero-order chi connectivity index (χ0) is 18.9. The molecule has 156 valence electrons. The maximum Gasteiger partial charge on any atom is 0.191 e. The van der Waals surface area contributed by atoms with E-state index in [1.165, 1.54) is 38.8 Å². The standard InChI is InChI=1S/C19H40N4OS.HI/c1-16(2)17(23-12-9-7-8-10-13-23)15-22-18(20-6)21-11-14-25(24)19(3,4)5;/h16-17H,7-15H2,1-6H3,(H2,20,21,22);1H. The smallest absolute Gasteiger partial charge is 0.191 e. The third-order valence-electron chi connectivity index (χ3n) is 4.84. The van der Waals surface area contributed by atoms with Crippen molar-refractivity contribution in [1.29, 1.82) is 0 Å². The largest absolute Gasteiger partial charge is 0.355 e. The molecule has 1 fully saturated rings. The number of likely N-dealkylation sites (tertiary alicyclic amines) is 1. The molecule has 1 aliphatic heterocycles. The minimum absolute atomic E-state index is 0. The van der Waals surface area contributed by atoms with Crippen LogP contribution in [-0.2, 0) is 10.8 Å². The lowest BCUT2D eigenvalue weighted by molar-refractivity contribution is 0.161. The van der Waals surface area contributed by atoms with Crippen molar-refractivity contribution in [2.75, 3.05) is 39.0 Å². The Hall–Kier alpha value is 0.110. The van der Waals surface area contributed by atoms with E-state index in [4.69, 9.17) is 0 Å². The van der Waals surface area contributed by atoms with Crippen molar-refractivity contribution < 1.29 is 4.21 Å². The molecule has 0 amide bonds. The Morgan fingerprint density at radius 1 is 1.12 bits per heavy atom. The second kappa shape index (κ2) is 13.3. The molecule has 1 heterocycles. The average Bonchev–Trinajstić information content (AvgIpc) is 2.81. The van der Waals surface area contributed by atoms with Crippen LogP contribution in [-0.4, -0.2) is 64.8 Å². The number of hydrogen-bond acceptors (Lipinski definition) is 3. The summed E-state index contributed by atoms with van der Waals surface area (Å²) >= 11 is 0. The van der Waals surface area contributed by atoms with E-state index in [1.807, 2.05) is 20.8 Å². The maximum absolute atomic E-state index is 12.1. The van der Waals surface area contributed by atoms with Gasteiger partial charge in [-0.25, -0.2) is 0 Å². The van der Waals surface area contributed by atoms with Crippen molar-refractivity contribution in [2.24, 2.45) is 10.9 Å². The summed E-state index contributed by atoms with van der Waals surface area (Å²) in [4.78, 5) is 6.96. The van der Waals surface area contributed by atoms with Gasteiger partial charge in [0.2, 0.25) is 0 Å². The van der Waals surface area contributed by atoms with E-state index in [1.54, 1.807) is 7.05 Å². The molecule has 2 atom stereocenters. The first-order chi connectivity index (χ1) is 11.8. The zero-order valence-corrected chi connectivity index (χ0v) is 20.8. The molecule has 0 aliphatic carbocycles. The molecule has 0 spiro atoms. The van der Waals surface area contributed by atoms with Gasteiger partial charge >= 0.3 is 0 Å². The first-order valence-corrected chi connectivity index (χ1v) is 11.1.